The minimum atomic E-state index is -0.0496. The molecule has 3 heterocycles. The first-order chi connectivity index (χ1) is 11.2. The van der Waals surface area contributed by atoms with Crippen molar-refractivity contribution in [2.24, 2.45) is 0 Å². The molecule has 24 heavy (non-hydrogen) atoms. The van der Waals surface area contributed by atoms with Crippen LogP contribution in [0.1, 0.15) is 66.5 Å². The second-order valence-corrected chi connectivity index (χ2v) is 7.66. The van der Waals surface area contributed by atoms with E-state index in [1.54, 1.807) is 0 Å². The van der Waals surface area contributed by atoms with Gasteiger partial charge in [-0.3, -0.25) is 9.89 Å². The van der Waals surface area contributed by atoms with Crippen LogP contribution in [0.3, 0.4) is 0 Å². The summed E-state index contributed by atoms with van der Waals surface area (Å²) in [5.41, 5.74) is 3.36. The van der Waals surface area contributed by atoms with Crippen molar-refractivity contribution in [3.05, 3.63) is 40.7 Å². The number of carbonyl (C=O) groups excluding carboxylic acids is 1. The van der Waals surface area contributed by atoms with Crippen LogP contribution in [0.5, 0.6) is 0 Å². The third-order valence-electron chi connectivity index (χ3n) is 4.45. The van der Waals surface area contributed by atoms with Gasteiger partial charge in [-0.2, -0.15) is 5.10 Å². The number of amides is 1. The fourth-order valence-corrected chi connectivity index (χ4v) is 3.07. The Kier molecular flexibility index (Phi) is 4.15. The standard InChI is InChI=1S/C18H25N5O/c1-11-8-12(2)20-16(19-11)13-6-7-23(10-13)17(24)14-9-15(22-21-14)18(3,4)5/h8-9,13H,6-7,10H2,1-5H3,(H,21,22). The van der Waals surface area contributed by atoms with Gasteiger partial charge in [-0.1, -0.05) is 20.8 Å². The number of rotatable bonds is 2. The summed E-state index contributed by atoms with van der Waals surface area (Å²) in [6, 6.07) is 3.84. The summed E-state index contributed by atoms with van der Waals surface area (Å²) >= 11 is 0. The number of carbonyl (C=O) groups is 1. The molecule has 0 spiro atoms. The van der Waals surface area contributed by atoms with Crippen LogP contribution in [0.4, 0.5) is 0 Å². The lowest BCUT2D eigenvalue weighted by Gasteiger charge is -2.16. The number of hydrogen-bond acceptors (Lipinski definition) is 4. The van der Waals surface area contributed by atoms with Gasteiger partial charge in [0.25, 0.3) is 5.91 Å². The molecule has 3 rings (SSSR count). The Hall–Kier alpha value is -2.24. The van der Waals surface area contributed by atoms with Gasteiger partial charge in [0.2, 0.25) is 0 Å². The number of aromatic amines is 1. The molecule has 0 saturated carbocycles. The van der Waals surface area contributed by atoms with Crippen LogP contribution in [0.25, 0.3) is 0 Å². The number of nitrogens with zero attached hydrogens (tertiary/aromatic N) is 4. The molecular formula is C18H25N5O. The van der Waals surface area contributed by atoms with E-state index in [9.17, 15) is 4.79 Å². The molecule has 1 saturated heterocycles. The van der Waals surface area contributed by atoms with Crippen molar-refractivity contribution in [1.29, 1.82) is 0 Å². The quantitative estimate of drug-likeness (QED) is 0.920. The average Bonchev–Trinajstić information content (AvgIpc) is 3.15. The molecule has 0 radical (unpaired) electrons. The molecule has 128 valence electrons. The van der Waals surface area contributed by atoms with Gasteiger partial charge in [0.1, 0.15) is 11.5 Å². The monoisotopic (exact) mass is 327 g/mol. The van der Waals surface area contributed by atoms with E-state index in [0.29, 0.717) is 12.2 Å². The molecule has 1 fully saturated rings. The van der Waals surface area contributed by atoms with Crippen molar-refractivity contribution in [3.8, 4) is 0 Å². The zero-order valence-electron chi connectivity index (χ0n) is 15.1. The average molecular weight is 327 g/mol. The van der Waals surface area contributed by atoms with Gasteiger partial charge in [-0.25, -0.2) is 9.97 Å². The number of aromatic nitrogens is 4. The van der Waals surface area contributed by atoms with Gasteiger partial charge in [0.05, 0.1) is 0 Å². The number of hydrogen-bond donors (Lipinski definition) is 1. The highest BCUT2D eigenvalue weighted by Crippen LogP contribution is 2.27. The topological polar surface area (TPSA) is 74.8 Å². The fraction of sp³-hybridized carbons (Fsp3) is 0.556. The zero-order valence-corrected chi connectivity index (χ0v) is 15.1. The van der Waals surface area contributed by atoms with E-state index in [0.717, 1.165) is 35.9 Å². The summed E-state index contributed by atoms with van der Waals surface area (Å²) in [5, 5.41) is 7.19. The molecule has 0 bridgehead atoms. The van der Waals surface area contributed by atoms with Crippen LogP contribution in [0.2, 0.25) is 0 Å². The largest absolute Gasteiger partial charge is 0.336 e. The molecule has 1 aliphatic heterocycles. The first-order valence-electron chi connectivity index (χ1n) is 8.41. The Morgan fingerprint density at radius 2 is 1.88 bits per heavy atom. The molecule has 1 unspecified atom stereocenters. The van der Waals surface area contributed by atoms with Gasteiger partial charge in [-0.15, -0.1) is 0 Å². The number of likely N-dealkylation sites (tertiary alicyclic amines) is 1. The third-order valence-corrected chi connectivity index (χ3v) is 4.45. The Morgan fingerprint density at radius 1 is 1.21 bits per heavy atom. The van der Waals surface area contributed by atoms with Crippen LogP contribution < -0.4 is 0 Å². The van der Waals surface area contributed by atoms with Gasteiger partial charge in [-0.05, 0) is 32.4 Å². The van der Waals surface area contributed by atoms with Gasteiger partial charge < -0.3 is 4.90 Å². The van der Waals surface area contributed by atoms with Crippen molar-refractivity contribution >= 4 is 5.91 Å². The van der Waals surface area contributed by atoms with Crippen LogP contribution in [-0.2, 0) is 5.41 Å². The van der Waals surface area contributed by atoms with E-state index in [1.807, 2.05) is 30.9 Å². The predicted octanol–water partition coefficient (Wildman–Crippen LogP) is 2.74. The van der Waals surface area contributed by atoms with Crippen molar-refractivity contribution < 1.29 is 4.79 Å². The summed E-state index contributed by atoms with van der Waals surface area (Å²) < 4.78 is 0. The molecule has 0 aromatic carbocycles. The smallest absolute Gasteiger partial charge is 0.274 e. The maximum absolute atomic E-state index is 12.7. The van der Waals surface area contributed by atoms with E-state index in [2.05, 4.69) is 40.9 Å². The van der Waals surface area contributed by atoms with E-state index in [-0.39, 0.29) is 17.2 Å². The number of nitrogens with one attached hydrogen (secondary N) is 1. The normalized spacial score (nSPS) is 18.2. The van der Waals surface area contributed by atoms with E-state index < -0.39 is 0 Å². The number of H-pyrrole nitrogens is 1. The molecule has 1 atom stereocenters. The SMILES string of the molecule is Cc1cc(C)nc(C2CCN(C(=O)c3cc(C(C)(C)C)[nH]n3)C2)n1. The molecular weight excluding hydrogens is 302 g/mol. The minimum absolute atomic E-state index is 0.0198. The molecule has 6 nitrogen and oxygen atoms in total. The van der Waals surface area contributed by atoms with Crippen LogP contribution in [0.15, 0.2) is 12.1 Å². The predicted molar refractivity (Wildman–Crippen MR) is 92.1 cm³/mol. The molecule has 6 heteroatoms. The number of aryl methyl sites for hydroxylation is 2. The van der Waals surface area contributed by atoms with Crippen molar-refractivity contribution in [2.45, 2.75) is 52.4 Å². The van der Waals surface area contributed by atoms with Gasteiger partial charge >= 0.3 is 0 Å². The molecule has 0 aliphatic carbocycles. The Labute approximate surface area is 142 Å². The fourth-order valence-electron chi connectivity index (χ4n) is 3.07. The molecule has 2 aromatic heterocycles. The summed E-state index contributed by atoms with van der Waals surface area (Å²) in [4.78, 5) is 23.7. The van der Waals surface area contributed by atoms with Gasteiger partial charge in [0.15, 0.2) is 0 Å². The summed E-state index contributed by atoms with van der Waals surface area (Å²) in [5.74, 6) is 1.03. The van der Waals surface area contributed by atoms with Gasteiger partial charge in [0, 0.05) is 41.5 Å². The molecule has 1 N–H and O–H groups in total. The maximum atomic E-state index is 12.7. The third kappa shape index (κ3) is 3.32. The van der Waals surface area contributed by atoms with Crippen LogP contribution in [0, 0.1) is 13.8 Å². The van der Waals surface area contributed by atoms with Crippen molar-refractivity contribution in [3.63, 3.8) is 0 Å². The first-order valence-corrected chi connectivity index (χ1v) is 8.41. The lowest BCUT2D eigenvalue weighted by molar-refractivity contribution is 0.0784. The minimum Gasteiger partial charge on any atom is -0.336 e. The molecule has 2 aromatic rings. The van der Waals surface area contributed by atoms with Crippen LogP contribution in [-0.4, -0.2) is 44.1 Å². The second-order valence-electron chi connectivity index (χ2n) is 7.66. The zero-order chi connectivity index (χ0) is 17.5. The molecule has 1 amide bonds. The van der Waals surface area contributed by atoms with E-state index in [4.69, 9.17) is 0 Å². The van der Waals surface area contributed by atoms with Crippen LogP contribution >= 0.6 is 0 Å². The van der Waals surface area contributed by atoms with E-state index in [1.165, 1.54) is 0 Å². The molecule has 1 aliphatic rings. The van der Waals surface area contributed by atoms with E-state index >= 15 is 0 Å². The summed E-state index contributed by atoms with van der Waals surface area (Å²) in [6.07, 6.45) is 0.894. The van der Waals surface area contributed by atoms with Crippen molar-refractivity contribution in [2.75, 3.05) is 13.1 Å². The first kappa shape index (κ1) is 16.6. The highest BCUT2D eigenvalue weighted by molar-refractivity contribution is 5.92. The Morgan fingerprint density at radius 3 is 2.46 bits per heavy atom. The lowest BCUT2D eigenvalue weighted by atomic mass is 9.92. The highest BCUT2D eigenvalue weighted by Gasteiger charge is 2.31. The lowest BCUT2D eigenvalue weighted by Crippen LogP contribution is -2.29. The van der Waals surface area contributed by atoms with Crippen molar-refractivity contribution in [1.82, 2.24) is 25.1 Å². The summed E-state index contributed by atoms with van der Waals surface area (Å²) in [7, 11) is 0. The second kappa shape index (κ2) is 6.00. The highest BCUT2D eigenvalue weighted by atomic mass is 16.2. The maximum Gasteiger partial charge on any atom is 0.274 e. The summed E-state index contributed by atoms with van der Waals surface area (Å²) in [6.45, 7) is 11.6. The Balaban J connectivity index is 1.73. The Bertz CT molecular complexity index is 739.